The normalized spacial score (nSPS) is 25.2. The zero-order chi connectivity index (χ0) is 13.7. The molecule has 0 spiro atoms. The van der Waals surface area contributed by atoms with E-state index in [-0.39, 0.29) is 0 Å². The number of rotatable bonds is 7. The third-order valence-electron chi connectivity index (χ3n) is 4.16. The van der Waals surface area contributed by atoms with E-state index in [1.54, 1.807) is 0 Å². The molecule has 102 valence electrons. The fraction of sp³-hybridized carbons (Fsp3) is 0.765. The number of nitrogens with zero attached hydrogens (tertiary/aromatic N) is 1. The van der Waals surface area contributed by atoms with E-state index in [2.05, 4.69) is 46.9 Å². The second kappa shape index (κ2) is 6.95. The van der Waals surface area contributed by atoms with E-state index in [1.165, 1.54) is 24.1 Å². The molecule has 0 amide bonds. The van der Waals surface area contributed by atoms with E-state index in [1.807, 2.05) is 0 Å². The molecule has 1 heteroatoms. The Labute approximate surface area is 113 Å². The number of hydrogen-bond donors (Lipinski definition) is 0. The van der Waals surface area contributed by atoms with Gasteiger partial charge in [0.2, 0.25) is 0 Å². The molecule has 0 radical (unpaired) electrons. The fourth-order valence-electron chi connectivity index (χ4n) is 2.87. The van der Waals surface area contributed by atoms with Gasteiger partial charge in [0.25, 0.3) is 0 Å². The highest BCUT2D eigenvalue weighted by Gasteiger charge is 2.39. The second-order valence-electron chi connectivity index (χ2n) is 5.95. The van der Waals surface area contributed by atoms with Crippen LogP contribution in [0.1, 0.15) is 53.9 Å². The van der Waals surface area contributed by atoms with Crippen LogP contribution in [-0.2, 0) is 0 Å². The highest BCUT2D eigenvalue weighted by Crippen LogP contribution is 2.44. The van der Waals surface area contributed by atoms with Gasteiger partial charge in [-0.3, -0.25) is 4.99 Å². The van der Waals surface area contributed by atoms with E-state index in [4.69, 9.17) is 4.99 Å². The van der Waals surface area contributed by atoms with Crippen LogP contribution >= 0.6 is 0 Å². The highest BCUT2D eigenvalue weighted by molar-refractivity contribution is 5.86. The van der Waals surface area contributed by atoms with Crippen LogP contribution in [0.5, 0.6) is 0 Å². The van der Waals surface area contributed by atoms with Crippen LogP contribution in [0.15, 0.2) is 22.9 Å². The molecule has 0 aliphatic heterocycles. The Hall–Kier alpha value is -0.810. The molecule has 1 saturated carbocycles. The lowest BCUT2D eigenvalue weighted by atomic mass is 9.89. The van der Waals surface area contributed by atoms with Crippen molar-refractivity contribution in [2.75, 3.05) is 6.54 Å². The maximum Gasteiger partial charge on any atom is 0.0466 e. The molecule has 3 atom stereocenters. The minimum absolute atomic E-state index is 0.626. The maximum absolute atomic E-state index is 4.91. The first kappa shape index (κ1) is 15.2. The second-order valence-corrected chi connectivity index (χ2v) is 5.95. The van der Waals surface area contributed by atoms with Gasteiger partial charge in [0.05, 0.1) is 0 Å². The van der Waals surface area contributed by atoms with Crippen molar-refractivity contribution in [3.8, 4) is 0 Å². The summed E-state index contributed by atoms with van der Waals surface area (Å²) in [6.07, 6.45) is 3.59. The molecule has 0 aromatic carbocycles. The molecule has 1 rings (SSSR count). The first-order chi connectivity index (χ1) is 8.54. The van der Waals surface area contributed by atoms with Crippen LogP contribution < -0.4 is 0 Å². The zero-order valence-corrected chi connectivity index (χ0v) is 12.8. The lowest BCUT2D eigenvalue weighted by Gasteiger charge is -2.19. The molecule has 1 aliphatic carbocycles. The average Bonchev–Trinajstić information content (AvgIpc) is 2.97. The van der Waals surface area contributed by atoms with Gasteiger partial charge < -0.3 is 0 Å². The van der Waals surface area contributed by atoms with Gasteiger partial charge in [-0.05, 0) is 42.6 Å². The average molecular weight is 247 g/mol. The molecule has 0 aromatic heterocycles. The van der Waals surface area contributed by atoms with Crippen LogP contribution in [0.2, 0.25) is 0 Å². The smallest absolute Gasteiger partial charge is 0.0466 e. The first-order valence-electron chi connectivity index (χ1n) is 7.48. The van der Waals surface area contributed by atoms with Crippen molar-refractivity contribution in [1.29, 1.82) is 0 Å². The van der Waals surface area contributed by atoms with Gasteiger partial charge in [0, 0.05) is 18.2 Å². The summed E-state index contributed by atoms with van der Waals surface area (Å²) in [6, 6.07) is 0. The molecule has 0 N–H and O–H groups in total. The Morgan fingerprint density at radius 3 is 2.44 bits per heavy atom. The Kier molecular flexibility index (Phi) is 5.88. The van der Waals surface area contributed by atoms with Crippen LogP contribution in [-0.4, -0.2) is 12.3 Å². The fourth-order valence-corrected chi connectivity index (χ4v) is 2.87. The van der Waals surface area contributed by atoms with Crippen molar-refractivity contribution in [2.24, 2.45) is 28.7 Å². The maximum atomic E-state index is 4.91. The lowest BCUT2D eigenvalue weighted by Crippen LogP contribution is -2.16. The molecule has 0 bridgehead atoms. The van der Waals surface area contributed by atoms with Crippen molar-refractivity contribution < 1.29 is 0 Å². The van der Waals surface area contributed by atoms with E-state index >= 15 is 0 Å². The quantitative estimate of drug-likeness (QED) is 0.449. The van der Waals surface area contributed by atoms with Crippen LogP contribution in [0.3, 0.4) is 0 Å². The Morgan fingerprint density at radius 2 is 2.06 bits per heavy atom. The molecule has 0 heterocycles. The van der Waals surface area contributed by atoms with E-state index in [9.17, 15) is 0 Å². The topological polar surface area (TPSA) is 12.4 Å². The van der Waals surface area contributed by atoms with Gasteiger partial charge in [-0.15, -0.1) is 5.73 Å². The summed E-state index contributed by atoms with van der Waals surface area (Å²) in [5.74, 6) is 2.73. The molecule has 18 heavy (non-hydrogen) atoms. The van der Waals surface area contributed by atoms with E-state index in [0.29, 0.717) is 17.8 Å². The Balaban J connectivity index is 2.61. The standard InChI is InChI=1S/C17H29N/c1-7-14(10-12(4)5)17(9-3)18-11-16-13(6)15(16)8-2/h12-14,16H,2,7,9-11H2,1,3-6H3. The summed E-state index contributed by atoms with van der Waals surface area (Å²) in [5, 5.41) is 0. The first-order valence-corrected chi connectivity index (χ1v) is 7.48. The van der Waals surface area contributed by atoms with Crippen LogP contribution in [0.25, 0.3) is 0 Å². The molecule has 0 aromatic rings. The molecule has 1 fully saturated rings. The van der Waals surface area contributed by atoms with Crippen molar-refractivity contribution in [3.63, 3.8) is 0 Å². The van der Waals surface area contributed by atoms with Gasteiger partial charge in [0.15, 0.2) is 0 Å². The lowest BCUT2D eigenvalue weighted by molar-refractivity contribution is 0.480. The SMILES string of the molecule is C=C=C1C(C)C1CN=C(CC)C(CC)CC(C)C. The summed E-state index contributed by atoms with van der Waals surface area (Å²) in [5.41, 5.74) is 5.86. The van der Waals surface area contributed by atoms with E-state index < -0.39 is 0 Å². The minimum Gasteiger partial charge on any atom is -0.293 e. The summed E-state index contributed by atoms with van der Waals surface area (Å²) in [6.45, 7) is 16.1. The van der Waals surface area contributed by atoms with Crippen molar-refractivity contribution in [2.45, 2.75) is 53.9 Å². The van der Waals surface area contributed by atoms with Crippen LogP contribution in [0, 0.1) is 23.7 Å². The monoisotopic (exact) mass is 247 g/mol. The van der Waals surface area contributed by atoms with Gasteiger partial charge in [0.1, 0.15) is 0 Å². The summed E-state index contributed by atoms with van der Waals surface area (Å²) in [4.78, 5) is 4.91. The molecule has 1 nitrogen and oxygen atoms in total. The molecular formula is C17H29N. The summed E-state index contributed by atoms with van der Waals surface area (Å²) >= 11 is 0. The molecule has 3 unspecified atom stereocenters. The van der Waals surface area contributed by atoms with Gasteiger partial charge in [-0.25, -0.2) is 0 Å². The summed E-state index contributed by atoms with van der Waals surface area (Å²) in [7, 11) is 0. The van der Waals surface area contributed by atoms with Crippen molar-refractivity contribution in [1.82, 2.24) is 0 Å². The largest absolute Gasteiger partial charge is 0.293 e. The Bertz CT molecular complexity index is 345. The Morgan fingerprint density at radius 1 is 1.39 bits per heavy atom. The van der Waals surface area contributed by atoms with Gasteiger partial charge in [-0.1, -0.05) is 41.2 Å². The van der Waals surface area contributed by atoms with Gasteiger partial charge in [-0.2, -0.15) is 0 Å². The third kappa shape index (κ3) is 3.85. The van der Waals surface area contributed by atoms with Crippen LogP contribution in [0.4, 0.5) is 0 Å². The minimum atomic E-state index is 0.626. The van der Waals surface area contributed by atoms with Gasteiger partial charge >= 0.3 is 0 Å². The zero-order valence-electron chi connectivity index (χ0n) is 12.8. The number of aliphatic imine (C=N–C) groups is 1. The highest BCUT2D eigenvalue weighted by atomic mass is 14.8. The van der Waals surface area contributed by atoms with E-state index in [0.717, 1.165) is 18.9 Å². The van der Waals surface area contributed by atoms with Crippen molar-refractivity contribution >= 4 is 5.71 Å². The molecule has 0 saturated heterocycles. The van der Waals surface area contributed by atoms with Crippen molar-refractivity contribution in [3.05, 3.63) is 17.9 Å². The summed E-state index contributed by atoms with van der Waals surface area (Å²) < 4.78 is 0. The predicted molar refractivity (Wildman–Crippen MR) is 81.1 cm³/mol. The third-order valence-corrected chi connectivity index (χ3v) is 4.16. The predicted octanol–water partition coefficient (Wildman–Crippen LogP) is 4.89. The molecular weight excluding hydrogens is 218 g/mol. The molecule has 1 aliphatic rings. The number of hydrogen-bond acceptors (Lipinski definition) is 1.